The van der Waals surface area contributed by atoms with Gasteiger partial charge < -0.3 is 9.88 Å². The smallest absolute Gasteiger partial charge is 0.252 e. The molecule has 3 rings (SSSR count). The lowest BCUT2D eigenvalue weighted by molar-refractivity contribution is 0.0941. The Balaban J connectivity index is 1.96. The first-order chi connectivity index (χ1) is 11.9. The molecule has 25 heavy (non-hydrogen) atoms. The molecule has 4 nitrogen and oxygen atoms in total. The third-order valence-corrected chi connectivity index (χ3v) is 4.08. The van der Waals surface area contributed by atoms with Crippen molar-refractivity contribution in [3.05, 3.63) is 88.8 Å². The minimum atomic E-state index is -0.464. The number of hydrogen-bond acceptors (Lipinski definition) is 2. The van der Waals surface area contributed by atoms with Crippen molar-refractivity contribution in [1.82, 2.24) is 14.9 Å². The Labute approximate surface area is 146 Å². The number of hydrogen-bond donors (Lipinski definition) is 1. The van der Waals surface area contributed by atoms with Crippen molar-refractivity contribution in [3.8, 4) is 0 Å². The fourth-order valence-corrected chi connectivity index (χ4v) is 2.93. The molecule has 1 aromatic heterocycles. The summed E-state index contributed by atoms with van der Waals surface area (Å²) < 4.78 is 15.1. The van der Waals surface area contributed by atoms with Crippen LogP contribution in [-0.4, -0.2) is 15.5 Å². The zero-order chi connectivity index (χ0) is 18.0. The Morgan fingerprint density at radius 2 is 1.76 bits per heavy atom. The van der Waals surface area contributed by atoms with E-state index in [1.54, 1.807) is 18.3 Å². The van der Waals surface area contributed by atoms with E-state index >= 15 is 0 Å². The molecular formula is C20H20FN3O. The van der Waals surface area contributed by atoms with E-state index in [2.05, 4.69) is 10.3 Å². The first-order valence-corrected chi connectivity index (χ1v) is 8.06. The number of benzene rings is 2. The molecule has 0 aliphatic carbocycles. The molecule has 0 bridgehead atoms. The predicted molar refractivity (Wildman–Crippen MR) is 94.8 cm³/mol. The summed E-state index contributed by atoms with van der Waals surface area (Å²) in [5.74, 6) is 0.177. The van der Waals surface area contributed by atoms with Crippen LogP contribution in [0.25, 0.3) is 0 Å². The molecule has 0 fully saturated rings. The number of halogens is 1. The highest BCUT2D eigenvalue weighted by atomic mass is 19.1. The predicted octanol–water partition coefficient (Wildman–Crippen LogP) is 3.70. The summed E-state index contributed by atoms with van der Waals surface area (Å²) in [7, 11) is 1.86. The molecule has 1 atom stereocenters. The highest BCUT2D eigenvalue weighted by Gasteiger charge is 2.21. The number of imidazole rings is 1. The first-order valence-electron chi connectivity index (χ1n) is 8.06. The maximum absolute atomic E-state index is 13.3. The van der Waals surface area contributed by atoms with Gasteiger partial charge in [-0.05, 0) is 43.7 Å². The van der Waals surface area contributed by atoms with E-state index in [0.29, 0.717) is 11.4 Å². The van der Waals surface area contributed by atoms with Crippen LogP contribution in [0.2, 0.25) is 0 Å². The number of aryl methyl sites for hydroxylation is 3. The van der Waals surface area contributed by atoms with Gasteiger partial charge in [0.1, 0.15) is 17.7 Å². The molecule has 0 saturated carbocycles. The normalized spacial score (nSPS) is 12.0. The quantitative estimate of drug-likeness (QED) is 0.789. The molecule has 1 heterocycles. The number of aromatic nitrogens is 2. The Morgan fingerprint density at radius 1 is 1.12 bits per heavy atom. The molecule has 0 radical (unpaired) electrons. The van der Waals surface area contributed by atoms with Crippen molar-refractivity contribution in [2.24, 2.45) is 7.05 Å². The minimum Gasteiger partial charge on any atom is -0.338 e. The van der Waals surface area contributed by atoms with Crippen LogP contribution >= 0.6 is 0 Å². The van der Waals surface area contributed by atoms with E-state index in [0.717, 1.165) is 16.7 Å². The summed E-state index contributed by atoms with van der Waals surface area (Å²) in [6.07, 6.45) is 3.49. The van der Waals surface area contributed by atoms with Gasteiger partial charge in [0, 0.05) is 25.0 Å². The number of rotatable bonds is 4. The molecule has 0 saturated heterocycles. The molecule has 1 N–H and O–H groups in total. The topological polar surface area (TPSA) is 46.9 Å². The van der Waals surface area contributed by atoms with E-state index in [-0.39, 0.29) is 11.7 Å². The summed E-state index contributed by atoms with van der Waals surface area (Å²) in [6, 6.07) is 11.3. The van der Waals surface area contributed by atoms with Crippen LogP contribution < -0.4 is 5.32 Å². The molecule has 1 amide bonds. The maximum atomic E-state index is 13.3. The molecule has 2 aromatic carbocycles. The number of nitrogens with one attached hydrogen (secondary N) is 1. The zero-order valence-corrected chi connectivity index (χ0v) is 14.5. The van der Waals surface area contributed by atoms with E-state index in [4.69, 9.17) is 0 Å². The van der Waals surface area contributed by atoms with Gasteiger partial charge in [-0.15, -0.1) is 0 Å². The van der Waals surface area contributed by atoms with Crippen molar-refractivity contribution in [2.45, 2.75) is 19.9 Å². The molecule has 0 aliphatic rings. The molecule has 128 valence electrons. The van der Waals surface area contributed by atoms with Gasteiger partial charge in [0.2, 0.25) is 0 Å². The first kappa shape index (κ1) is 16.9. The second kappa shape index (κ2) is 6.89. The van der Waals surface area contributed by atoms with Gasteiger partial charge in [0.15, 0.2) is 0 Å². The molecule has 3 aromatic rings. The lowest BCUT2D eigenvalue weighted by Crippen LogP contribution is -2.31. The number of carbonyl (C=O) groups is 1. The Bertz CT molecular complexity index is 879. The summed E-state index contributed by atoms with van der Waals surface area (Å²) in [4.78, 5) is 17.1. The largest absolute Gasteiger partial charge is 0.338 e. The third-order valence-electron chi connectivity index (χ3n) is 4.08. The summed E-state index contributed by atoms with van der Waals surface area (Å²) in [5.41, 5.74) is 3.42. The van der Waals surface area contributed by atoms with Gasteiger partial charge in [-0.25, -0.2) is 9.37 Å². The SMILES string of the molecule is Cc1cc(C)cc(C(=O)N[C@H](c2ccc(F)cc2)c2nccn2C)c1. The van der Waals surface area contributed by atoms with E-state index in [1.807, 2.05) is 49.9 Å². The van der Waals surface area contributed by atoms with E-state index in [1.165, 1.54) is 12.1 Å². The maximum Gasteiger partial charge on any atom is 0.252 e. The Morgan fingerprint density at radius 3 is 2.32 bits per heavy atom. The highest BCUT2D eigenvalue weighted by Crippen LogP contribution is 2.22. The number of carbonyl (C=O) groups excluding carboxylic acids is 1. The average Bonchev–Trinajstić information content (AvgIpc) is 2.98. The Hall–Kier alpha value is -2.95. The van der Waals surface area contributed by atoms with Gasteiger partial charge >= 0.3 is 0 Å². The van der Waals surface area contributed by atoms with Gasteiger partial charge in [0.05, 0.1) is 0 Å². The lowest BCUT2D eigenvalue weighted by Gasteiger charge is -2.19. The summed E-state index contributed by atoms with van der Waals surface area (Å²) in [5, 5.41) is 3.02. The van der Waals surface area contributed by atoms with Gasteiger partial charge in [0.25, 0.3) is 5.91 Å². The van der Waals surface area contributed by atoms with Gasteiger partial charge in [-0.1, -0.05) is 29.3 Å². The van der Waals surface area contributed by atoms with E-state index in [9.17, 15) is 9.18 Å². The fourth-order valence-electron chi connectivity index (χ4n) is 2.93. The molecular weight excluding hydrogens is 317 g/mol. The zero-order valence-electron chi connectivity index (χ0n) is 14.5. The van der Waals surface area contributed by atoms with Crippen molar-refractivity contribution in [3.63, 3.8) is 0 Å². The summed E-state index contributed by atoms with van der Waals surface area (Å²) in [6.45, 7) is 3.92. The second-order valence-corrected chi connectivity index (χ2v) is 6.23. The average molecular weight is 337 g/mol. The third kappa shape index (κ3) is 3.76. The lowest BCUT2D eigenvalue weighted by atomic mass is 10.0. The fraction of sp³-hybridized carbons (Fsp3) is 0.200. The van der Waals surface area contributed by atoms with Crippen LogP contribution in [0.4, 0.5) is 4.39 Å². The van der Waals surface area contributed by atoms with Crippen molar-refractivity contribution < 1.29 is 9.18 Å². The highest BCUT2D eigenvalue weighted by molar-refractivity contribution is 5.95. The molecule has 0 spiro atoms. The van der Waals surface area contributed by atoms with Crippen LogP contribution in [0.15, 0.2) is 54.9 Å². The van der Waals surface area contributed by atoms with Crippen LogP contribution in [0.3, 0.4) is 0 Å². The van der Waals surface area contributed by atoms with Crippen LogP contribution in [0, 0.1) is 19.7 Å². The van der Waals surface area contributed by atoms with Crippen molar-refractivity contribution in [1.29, 1.82) is 0 Å². The van der Waals surface area contributed by atoms with Gasteiger partial charge in [-0.3, -0.25) is 4.79 Å². The molecule has 0 aliphatic heterocycles. The second-order valence-electron chi connectivity index (χ2n) is 6.23. The van der Waals surface area contributed by atoms with Crippen LogP contribution in [0.5, 0.6) is 0 Å². The monoisotopic (exact) mass is 337 g/mol. The van der Waals surface area contributed by atoms with Crippen LogP contribution in [-0.2, 0) is 7.05 Å². The minimum absolute atomic E-state index is 0.191. The van der Waals surface area contributed by atoms with Gasteiger partial charge in [-0.2, -0.15) is 0 Å². The number of nitrogens with zero attached hydrogens (tertiary/aromatic N) is 2. The van der Waals surface area contributed by atoms with Crippen molar-refractivity contribution >= 4 is 5.91 Å². The van der Waals surface area contributed by atoms with E-state index < -0.39 is 6.04 Å². The summed E-state index contributed by atoms with van der Waals surface area (Å²) >= 11 is 0. The molecule has 5 heteroatoms. The Kier molecular flexibility index (Phi) is 4.65. The standard InChI is InChI=1S/C20H20FN3O/c1-13-10-14(2)12-16(11-13)20(25)23-18(19-22-8-9-24(19)3)15-4-6-17(21)7-5-15/h4-12,18H,1-3H3,(H,23,25)/t18-/m1/s1. The van der Waals surface area contributed by atoms with Crippen molar-refractivity contribution in [2.75, 3.05) is 0 Å². The molecule has 0 unspecified atom stereocenters. The van der Waals surface area contributed by atoms with Crippen LogP contribution in [0.1, 0.15) is 38.9 Å². The number of amides is 1.